The van der Waals surface area contributed by atoms with Crippen LogP contribution in [0.15, 0.2) is 36.5 Å². The molecule has 1 aromatic carbocycles. The van der Waals surface area contributed by atoms with Gasteiger partial charge in [0.2, 0.25) is 0 Å². The van der Waals surface area contributed by atoms with E-state index in [9.17, 15) is 4.79 Å². The summed E-state index contributed by atoms with van der Waals surface area (Å²) in [5, 5.41) is 12.6. The molecule has 2 aromatic heterocycles. The maximum Gasteiger partial charge on any atom is 0.274 e. The van der Waals surface area contributed by atoms with E-state index < -0.39 is 0 Å². The van der Waals surface area contributed by atoms with Gasteiger partial charge in [-0.3, -0.25) is 9.78 Å². The van der Waals surface area contributed by atoms with Gasteiger partial charge in [-0.05, 0) is 62.3 Å². The molecular weight excluding hydrogens is 326 g/mol. The van der Waals surface area contributed by atoms with Gasteiger partial charge in [-0.25, -0.2) is 4.68 Å². The molecule has 2 heterocycles. The van der Waals surface area contributed by atoms with Crippen molar-refractivity contribution in [3.8, 4) is 5.69 Å². The van der Waals surface area contributed by atoms with E-state index in [4.69, 9.17) is 0 Å². The number of hydrogen-bond donors (Lipinski definition) is 1. The summed E-state index contributed by atoms with van der Waals surface area (Å²) >= 11 is 0. The van der Waals surface area contributed by atoms with Gasteiger partial charge in [0, 0.05) is 17.6 Å². The SMILES string of the molecule is Cc1c(C(=O)NC2CCC23CCC3)nnn1-c1ccc2ncccc2c1. The summed E-state index contributed by atoms with van der Waals surface area (Å²) in [6, 6.07) is 10.2. The van der Waals surface area contributed by atoms with E-state index in [0.717, 1.165) is 28.7 Å². The molecule has 2 aliphatic carbocycles. The minimum atomic E-state index is -0.104. The minimum absolute atomic E-state index is 0.104. The number of nitrogens with one attached hydrogen (secondary N) is 1. The van der Waals surface area contributed by atoms with Gasteiger partial charge in [0.15, 0.2) is 5.69 Å². The molecule has 0 saturated heterocycles. The third-order valence-corrected chi connectivity index (χ3v) is 6.27. The lowest BCUT2D eigenvalue weighted by Gasteiger charge is -2.56. The summed E-state index contributed by atoms with van der Waals surface area (Å²) in [5.41, 5.74) is 3.37. The summed E-state index contributed by atoms with van der Waals surface area (Å²) in [5.74, 6) is -0.104. The van der Waals surface area contributed by atoms with Crippen LogP contribution in [0.4, 0.5) is 0 Å². The molecule has 2 fully saturated rings. The molecule has 0 radical (unpaired) electrons. The number of hydrogen-bond acceptors (Lipinski definition) is 4. The Balaban J connectivity index is 1.41. The summed E-state index contributed by atoms with van der Waals surface area (Å²) < 4.78 is 1.72. The third kappa shape index (κ3) is 2.25. The first-order chi connectivity index (χ1) is 12.7. The van der Waals surface area contributed by atoms with Crippen molar-refractivity contribution in [2.24, 2.45) is 5.41 Å². The van der Waals surface area contributed by atoms with Crippen LogP contribution < -0.4 is 5.32 Å². The number of aromatic nitrogens is 4. The molecule has 1 N–H and O–H groups in total. The van der Waals surface area contributed by atoms with Crippen molar-refractivity contribution in [1.29, 1.82) is 0 Å². The molecule has 132 valence electrons. The number of amides is 1. The van der Waals surface area contributed by atoms with Crippen molar-refractivity contribution in [3.63, 3.8) is 0 Å². The zero-order valence-electron chi connectivity index (χ0n) is 14.8. The lowest BCUT2D eigenvalue weighted by atomic mass is 9.53. The highest BCUT2D eigenvalue weighted by atomic mass is 16.2. The summed E-state index contributed by atoms with van der Waals surface area (Å²) in [6.07, 6.45) is 7.88. The minimum Gasteiger partial charge on any atom is -0.347 e. The van der Waals surface area contributed by atoms with Crippen LogP contribution >= 0.6 is 0 Å². The lowest BCUT2D eigenvalue weighted by Crippen LogP contribution is -2.58. The number of rotatable bonds is 3. The van der Waals surface area contributed by atoms with E-state index in [1.165, 1.54) is 25.7 Å². The molecule has 0 aliphatic heterocycles. The third-order valence-electron chi connectivity index (χ3n) is 6.27. The van der Waals surface area contributed by atoms with Gasteiger partial charge >= 0.3 is 0 Å². The van der Waals surface area contributed by atoms with Crippen LogP contribution in [0.5, 0.6) is 0 Å². The highest BCUT2D eigenvalue weighted by Crippen LogP contribution is 2.55. The standard InChI is InChI=1S/C20H21N5O/c1-13-18(19(26)22-17-7-10-20(17)8-3-9-20)23-24-25(13)15-5-6-16-14(12-15)4-2-11-21-16/h2,4-6,11-12,17H,3,7-10H2,1H3,(H,22,26). The Morgan fingerprint density at radius 3 is 2.88 bits per heavy atom. The Bertz CT molecular complexity index is 999. The van der Waals surface area contributed by atoms with Crippen molar-refractivity contribution in [3.05, 3.63) is 47.9 Å². The van der Waals surface area contributed by atoms with Gasteiger partial charge in [0.25, 0.3) is 5.91 Å². The Kier molecular flexibility index (Phi) is 3.35. The fourth-order valence-corrected chi connectivity index (χ4v) is 4.36. The zero-order valence-corrected chi connectivity index (χ0v) is 14.8. The molecule has 3 aromatic rings. The number of pyridine rings is 1. The highest BCUT2D eigenvalue weighted by molar-refractivity contribution is 5.93. The van der Waals surface area contributed by atoms with E-state index in [-0.39, 0.29) is 5.91 Å². The molecule has 6 heteroatoms. The van der Waals surface area contributed by atoms with Gasteiger partial charge < -0.3 is 5.32 Å². The summed E-state index contributed by atoms with van der Waals surface area (Å²) in [7, 11) is 0. The number of nitrogens with zero attached hydrogens (tertiary/aromatic N) is 4. The van der Waals surface area contributed by atoms with E-state index in [0.29, 0.717) is 17.2 Å². The fraction of sp³-hybridized carbons (Fsp3) is 0.400. The van der Waals surface area contributed by atoms with Gasteiger partial charge in [-0.2, -0.15) is 0 Å². The summed E-state index contributed by atoms with van der Waals surface area (Å²) in [6.45, 7) is 1.89. The molecule has 2 saturated carbocycles. The van der Waals surface area contributed by atoms with E-state index in [2.05, 4.69) is 20.6 Å². The zero-order chi connectivity index (χ0) is 17.7. The maximum atomic E-state index is 12.7. The maximum absolute atomic E-state index is 12.7. The largest absolute Gasteiger partial charge is 0.347 e. The molecule has 1 unspecified atom stereocenters. The van der Waals surface area contributed by atoms with Crippen LogP contribution in [0.2, 0.25) is 0 Å². The number of carbonyl (C=O) groups excluding carboxylic acids is 1. The van der Waals surface area contributed by atoms with Crippen molar-refractivity contribution in [2.75, 3.05) is 0 Å². The summed E-state index contributed by atoms with van der Waals surface area (Å²) in [4.78, 5) is 17.1. The van der Waals surface area contributed by atoms with Crippen LogP contribution in [0.25, 0.3) is 16.6 Å². The number of fused-ring (bicyclic) bond motifs is 1. The molecule has 0 bridgehead atoms. The smallest absolute Gasteiger partial charge is 0.274 e. The first-order valence-corrected chi connectivity index (χ1v) is 9.25. The molecule has 2 aliphatic rings. The van der Waals surface area contributed by atoms with Crippen LogP contribution in [0.3, 0.4) is 0 Å². The number of carbonyl (C=O) groups is 1. The Morgan fingerprint density at radius 2 is 2.15 bits per heavy atom. The van der Waals surface area contributed by atoms with Crippen LogP contribution in [-0.2, 0) is 0 Å². The molecule has 26 heavy (non-hydrogen) atoms. The van der Waals surface area contributed by atoms with Gasteiger partial charge in [0.1, 0.15) is 0 Å². The second kappa shape index (κ2) is 5.62. The first-order valence-electron chi connectivity index (χ1n) is 9.25. The fourth-order valence-electron chi connectivity index (χ4n) is 4.36. The van der Waals surface area contributed by atoms with Crippen molar-refractivity contribution in [1.82, 2.24) is 25.3 Å². The van der Waals surface area contributed by atoms with Crippen molar-refractivity contribution < 1.29 is 4.79 Å². The average molecular weight is 347 g/mol. The molecular formula is C20H21N5O. The van der Waals surface area contributed by atoms with Gasteiger partial charge in [-0.1, -0.05) is 17.7 Å². The quantitative estimate of drug-likeness (QED) is 0.790. The van der Waals surface area contributed by atoms with E-state index >= 15 is 0 Å². The number of benzene rings is 1. The Labute approximate surface area is 151 Å². The first kappa shape index (κ1) is 15.5. The van der Waals surface area contributed by atoms with Crippen LogP contribution in [0, 0.1) is 12.3 Å². The predicted octanol–water partition coefficient (Wildman–Crippen LogP) is 3.19. The normalized spacial score (nSPS) is 20.6. The molecule has 1 amide bonds. The Hall–Kier alpha value is -2.76. The topological polar surface area (TPSA) is 72.7 Å². The average Bonchev–Trinajstić information content (AvgIpc) is 2.98. The lowest BCUT2D eigenvalue weighted by molar-refractivity contribution is -0.0148. The van der Waals surface area contributed by atoms with Crippen LogP contribution in [0.1, 0.15) is 48.3 Å². The molecule has 1 atom stereocenters. The van der Waals surface area contributed by atoms with Crippen LogP contribution in [-0.4, -0.2) is 31.9 Å². The predicted molar refractivity (Wildman–Crippen MR) is 98.2 cm³/mol. The van der Waals surface area contributed by atoms with Gasteiger partial charge in [-0.15, -0.1) is 5.10 Å². The Morgan fingerprint density at radius 1 is 1.27 bits per heavy atom. The second-order valence-electron chi connectivity index (χ2n) is 7.60. The molecule has 6 nitrogen and oxygen atoms in total. The highest BCUT2D eigenvalue weighted by Gasteiger charge is 2.51. The second-order valence-corrected chi connectivity index (χ2v) is 7.60. The van der Waals surface area contributed by atoms with E-state index in [1.807, 2.05) is 37.3 Å². The van der Waals surface area contributed by atoms with Crippen molar-refractivity contribution in [2.45, 2.75) is 45.1 Å². The molecule has 1 spiro atoms. The van der Waals surface area contributed by atoms with Crippen molar-refractivity contribution >= 4 is 16.8 Å². The van der Waals surface area contributed by atoms with E-state index in [1.54, 1.807) is 10.9 Å². The molecule has 5 rings (SSSR count). The van der Waals surface area contributed by atoms with Gasteiger partial charge in [0.05, 0.1) is 16.9 Å². The monoisotopic (exact) mass is 347 g/mol.